The molecule has 0 saturated heterocycles. The third-order valence-corrected chi connectivity index (χ3v) is 1.57. The van der Waals surface area contributed by atoms with E-state index in [4.69, 9.17) is 5.11 Å². The first-order chi connectivity index (χ1) is 8.28. The molecule has 10 heteroatoms. The van der Waals surface area contributed by atoms with Gasteiger partial charge in [0.1, 0.15) is 18.9 Å². The molecule has 1 aromatic rings. The second-order valence-corrected chi connectivity index (χ2v) is 3.13. The van der Waals surface area contributed by atoms with Crippen LogP contribution in [-0.2, 0) is 9.53 Å². The van der Waals surface area contributed by atoms with Gasteiger partial charge in [-0.15, -0.1) is 0 Å². The summed E-state index contributed by atoms with van der Waals surface area (Å²) >= 11 is 0. The highest BCUT2D eigenvalue weighted by Crippen LogP contribution is 2.14. The Labute approximate surface area is 97.9 Å². The zero-order chi connectivity index (χ0) is 13.8. The maximum atomic E-state index is 11.7. The molecule has 0 radical (unpaired) electrons. The minimum atomic E-state index is -4.51. The largest absolute Gasteiger partial charge is 0.477 e. The molecule has 0 aromatic carbocycles. The number of anilines is 1. The van der Waals surface area contributed by atoms with Crippen LogP contribution in [0, 0.1) is 0 Å². The Morgan fingerprint density at radius 2 is 2.17 bits per heavy atom. The average Bonchev–Trinajstić information content (AvgIpc) is 2.64. The Balaban J connectivity index is 2.38. The van der Waals surface area contributed by atoms with Crippen LogP contribution >= 0.6 is 0 Å². The van der Waals surface area contributed by atoms with Crippen LogP contribution in [0.5, 0.6) is 0 Å². The van der Waals surface area contributed by atoms with Crippen molar-refractivity contribution in [1.82, 2.24) is 10.2 Å². The number of ether oxygens (including phenoxy) is 1. The number of rotatable bonds is 5. The molecule has 1 aromatic heterocycles. The molecule has 0 aliphatic carbocycles. The summed E-state index contributed by atoms with van der Waals surface area (Å²) in [4.78, 5) is 21.5. The van der Waals surface area contributed by atoms with E-state index < -0.39 is 31.3 Å². The molecular weight excluding hydrogens is 259 g/mol. The summed E-state index contributed by atoms with van der Waals surface area (Å²) in [5, 5.41) is 16.1. The number of aromatic nitrogens is 2. The first-order valence-electron chi connectivity index (χ1n) is 4.51. The molecule has 0 unspecified atom stereocenters. The third-order valence-electron chi connectivity index (χ3n) is 1.57. The van der Waals surface area contributed by atoms with Gasteiger partial charge in [0.05, 0.1) is 0 Å². The van der Waals surface area contributed by atoms with Gasteiger partial charge in [0.2, 0.25) is 0 Å². The van der Waals surface area contributed by atoms with Gasteiger partial charge in [-0.05, 0) is 0 Å². The third kappa shape index (κ3) is 4.82. The summed E-state index contributed by atoms with van der Waals surface area (Å²) in [7, 11) is 0. The zero-order valence-corrected chi connectivity index (χ0v) is 8.74. The number of carboxylic acid groups (broad SMARTS) is 1. The van der Waals surface area contributed by atoms with Crippen molar-refractivity contribution in [3.8, 4) is 0 Å². The van der Waals surface area contributed by atoms with E-state index in [0.717, 1.165) is 6.07 Å². The summed E-state index contributed by atoms with van der Waals surface area (Å²) in [5.41, 5.74) is -0.262. The van der Waals surface area contributed by atoms with Gasteiger partial charge in [0.15, 0.2) is 5.82 Å². The number of H-pyrrole nitrogens is 1. The van der Waals surface area contributed by atoms with Crippen LogP contribution in [0.1, 0.15) is 10.5 Å². The Morgan fingerprint density at radius 1 is 1.50 bits per heavy atom. The van der Waals surface area contributed by atoms with E-state index in [-0.39, 0.29) is 11.5 Å². The van der Waals surface area contributed by atoms with E-state index in [2.05, 4.69) is 20.3 Å². The van der Waals surface area contributed by atoms with Crippen molar-refractivity contribution in [3.63, 3.8) is 0 Å². The molecule has 0 atom stereocenters. The molecule has 18 heavy (non-hydrogen) atoms. The van der Waals surface area contributed by atoms with Gasteiger partial charge in [0.25, 0.3) is 5.91 Å². The normalized spacial score (nSPS) is 11.3. The lowest BCUT2D eigenvalue weighted by Crippen LogP contribution is -2.24. The lowest BCUT2D eigenvalue weighted by Gasteiger charge is -2.06. The van der Waals surface area contributed by atoms with Gasteiger partial charge in [-0.3, -0.25) is 9.89 Å². The van der Waals surface area contributed by atoms with Crippen molar-refractivity contribution in [1.29, 1.82) is 0 Å². The highest BCUT2D eigenvalue weighted by molar-refractivity contribution is 5.92. The van der Waals surface area contributed by atoms with Gasteiger partial charge in [-0.25, -0.2) is 4.79 Å². The lowest BCUT2D eigenvalue weighted by molar-refractivity contribution is -0.174. The van der Waals surface area contributed by atoms with Gasteiger partial charge >= 0.3 is 12.1 Å². The topological polar surface area (TPSA) is 104 Å². The Bertz CT molecular complexity index is 443. The summed E-state index contributed by atoms with van der Waals surface area (Å²) in [5.74, 6) is -2.27. The van der Waals surface area contributed by atoms with Crippen LogP contribution in [0.4, 0.5) is 19.0 Å². The fourth-order valence-corrected chi connectivity index (χ4v) is 0.934. The monoisotopic (exact) mass is 267 g/mol. The van der Waals surface area contributed by atoms with Crippen molar-refractivity contribution in [3.05, 3.63) is 11.8 Å². The zero-order valence-electron chi connectivity index (χ0n) is 8.74. The number of nitrogens with one attached hydrogen (secondary N) is 2. The predicted molar refractivity (Wildman–Crippen MR) is 51.1 cm³/mol. The molecule has 0 fully saturated rings. The molecule has 1 heterocycles. The van der Waals surface area contributed by atoms with Crippen LogP contribution in [0.25, 0.3) is 0 Å². The van der Waals surface area contributed by atoms with Crippen LogP contribution in [0.3, 0.4) is 0 Å². The quantitative estimate of drug-likeness (QED) is 0.725. The predicted octanol–water partition coefficient (Wildman–Crippen LogP) is 0.625. The maximum absolute atomic E-state index is 11.7. The number of halogens is 3. The van der Waals surface area contributed by atoms with E-state index in [1.165, 1.54) is 0 Å². The van der Waals surface area contributed by atoms with Gasteiger partial charge in [0, 0.05) is 6.07 Å². The fourth-order valence-electron chi connectivity index (χ4n) is 0.934. The molecule has 0 saturated carbocycles. The minimum absolute atomic E-state index is 0.118. The smallest absolute Gasteiger partial charge is 0.411 e. The SMILES string of the molecule is O=C(COCC(F)(F)F)Nc1cc(C(=O)O)[nH]n1. The van der Waals surface area contributed by atoms with Crippen LogP contribution < -0.4 is 5.32 Å². The van der Waals surface area contributed by atoms with Gasteiger partial charge < -0.3 is 15.2 Å². The van der Waals surface area contributed by atoms with E-state index in [1.54, 1.807) is 0 Å². The minimum Gasteiger partial charge on any atom is -0.477 e. The van der Waals surface area contributed by atoms with Crippen LogP contribution in [0.2, 0.25) is 0 Å². The molecule has 7 nitrogen and oxygen atoms in total. The average molecular weight is 267 g/mol. The summed E-state index contributed by atoms with van der Waals surface area (Å²) in [6, 6.07) is 1.02. The van der Waals surface area contributed by atoms with E-state index >= 15 is 0 Å². The number of nitrogens with zero attached hydrogens (tertiary/aromatic N) is 1. The number of carbonyl (C=O) groups excluding carboxylic acids is 1. The second kappa shape index (κ2) is 5.49. The number of aromatic carboxylic acids is 1. The second-order valence-electron chi connectivity index (χ2n) is 3.13. The Hall–Kier alpha value is -2.10. The Morgan fingerprint density at radius 3 is 2.67 bits per heavy atom. The van der Waals surface area contributed by atoms with Crippen molar-refractivity contribution >= 4 is 17.7 Å². The lowest BCUT2D eigenvalue weighted by atomic mass is 10.4. The van der Waals surface area contributed by atoms with Crippen molar-refractivity contribution in [2.45, 2.75) is 6.18 Å². The summed E-state index contributed by atoms with van der Waals surface area (Å²) in [6.45, 7) is -2.35. The number of carboxylic acids is 1. The first-order valence-corrected chi connectivity index (χ1v) is 4.51. The molecule has 0 spiro atoms. The van der Waals surface area contributed by atoms with E-state index in [9.17, 15) is 22.8 Å². The molecule has 0 aliphatic rings. The molecule has 3 N–H and O–H groups in total. The van der Waals surface area contributed by atoms with E-state index in [0.29, 0.717) is 0 Å². The van der Waals surface area contributed by atoms with Crippen molar-refractivity contribution in [2.24, 2.45) is 0 Å². The molecule has 100 valence electrons. The maximum Gasteiger partial charge on any atom is 0.411 e. The van der Waals surface area contributed by atoms with Crippen molar-refractivity contribution < 1.29 is 32.6 Å². The molecule has 1 rings (SSSR count). The highest BCUT2D eigenvalue weighted by Gasteiger charge is 2.27. The van der Waals surface area contributed by atoms with Crippen molar-refractivity contribution in [2.75, 3.05) is 18.5 Å². The molecular formula is C8H8F3N3O4. The summed E-state index contributed by atoms with van der Waals surface area (Å²) < 4.78 is 39.2. The number of aromatic amines is 1. The van der Waals surface area contributed by atoms with E-state index in [1.807, 2.05) is 0 Å². The van der Waals surface area contributed by atoms with Gasteiger partial charge in [-0.1, -0.05) is 0 Å². The first kappa shape index (κ1) is 14.0. The van der Waals surface area contributed by atoms with Gasteiger partial charge in [-0.2, -0.15) is 18.3 Å². The highest BCUT2D eigenvalue weighted by atomic mass is 19.4. The molecule has 0 aliphatic heterocycles. The van der Waals surface area contributed by atoms with Crippen LogP contribution in [-0.4, -0.2) is 46.6 Å². The summed E-state index contributed by atoms with van der Waals surface area (Å²) in [6.07, 6.45) is -4.51. The number of amides is 1. The Kier molecular flexibility index (Phi) is 4.26. The number of hydrogen-bond acceptors (Lipinski definition) is 4. The molecule has 0 bridgehead atoms. The molecule has 1 amide bonds. The fraction of sp³-hybridized carbons (Fsp3) is 0.375. The number of carbonyl (C=O) groups is 2. The number of alkyl halides is 3. The standard InChI is InChI=1S/C8H8F3N3O4/c9-8(10,11)3-18-2-6(15)12-5-1-4(7(16)17)13-14-5/h1H,2-3H2,(H,16,17)(H2,12,13,14,15). The number of hydrogen-bond donors (Lipinski definition) is 3. The van der Waals surface area contributed by atoms with Crippen LogP contribution in [0.15, 0.2) is 6.07 Å².